The first kappa shape index (κ1) is 14.4. The van der Waals surface area contributed by atoms with Crippen LogP contribution in [-0.2, 0) is 0 Å². The second-order valence-electron chi connectivity index (χ2n) is 5.93. The Morgan fingerprint density at radius 3 is 2.76 bits per heavy atom. The first-order chi connectivity index (χ1) is 9.94. The molecule has 0 aromatic heterocycles. The van der Waals surface area contributed by atoms with E-state index in [2.05, 4.69) is 41.2 Å². The van der Waals surface area contributed by atoms with Crippen molar-refractivity contribution in [3.05, 3.63) is 58.3 Å². The molecule has 1 N–H and O–H groups in total. The van der Waals surface area contributed by atoms with E-state index in [0.29, 0.717) is 4.47 Å². The standard InChI is InChI=1S/C17H17BrFNO/c1-17(2)10-15(12-5-3-4-6-16(12)21-17)20-11-7-8-13(18)14(19)9-11/h3-9,15,20H,10H2,1-2H3. The van der Waals surface area contributed by atoms with Crippen molar-refractivity contribution >= 4 is 21.6 Å². The zero-order valence-electron chi connectivity index (χ0n) is 12.0. The van der Waals surface area contributed by atoms with Crippen molar-refractivity contribution in [1.29, 1.82) is 0 Å². The third kappa shape index (κ3) is 3.05. The molecule has 21 heavy (non-hydrogen) atoms. The minimum absolute atomic E-state index is 0.102. The molecule has 2 aromatic rings. The zero-order chi connectivity index (χ0) is 15.0. The number of anilines is 1. The van der Waals surface area contributed by atoms with E-state index < -0.39 is 0 Å². The fourth-order valence-corrected chi connectivity index (χ4v) is 2.96. The summed E-state index contributed by atoms with van der Waals surface area (Å²) in [7, 11) is 0. The normalized spacial score (nSPS) is 19.5. The smallest absolute Gasteiger partial charge is 0.139 e. The van der Waals surface area contributed by atoms with Gasteiger partial charge in [-0.3, -0.25) is 0 Å². The van der Waals surface area contributed by atoms with Crippen LogP contribution in [0.4, 0.5) is 10.1 Å². The van der Waals surface area contributed by atoms with Crippen molar-refractivity contribution < 1.29 is 9.13 Å². The van der Waals surface area contributed by atoms with Crippen LogP contribution in [0.25, 0.3) is 0 Å². The molecule has 0 fully saturated rings. The van der Waals surface area contributed by atoms with Crippen molar-refractivity contribution in [2.45, 2.75) is 31.9 Å². The SMILES string of the molecule is CC1(C)CC(Nc2ccc(Br)c(F)c2)c2ccccc2O1. The Labute approximate surface area is 132 Å². The molecule has 3 rings (SSSR count). The topological polar surface area (TPSA) is 21.3 Å². The van der Waals surface area contributed by atoms with Crippen LogP contribution in [0.1, 0.15) is 31.9 Å². The second-order valence-corrected chi connectivity index (χ2v) is 6.78. The van der Waals surface area contributed by atoms with E-state index in [1.165, 1.54) is 6.07 Å². The lowest BCUT2D eigenvalue weighted by atomic mass is 9.89. The van der Waals surface area contributed by atoms with E-state index in [-0.39, 0.29) is 17.5 Å². The molecule has 0 saturated heterocycles. The Hall–Kier alpha value is -1.55. The molecule has 0 saturated carbocycles. The van der Waals surface area contributed by atoms with E-state index in [1.54, 1.807) is 6.07 Å². The highest BCUT2D eigenvalue weighted by Gasteiger charge is 2.33. The summed E-state index contributed by atoms with van der Waals surface area (Å²) in [6.07, 6.45) is 0.821. The van der Waals surface area contributed by atoms with Crippen LogP contribution in [0.5, 0.6) is 5.75 Å². The van der Waals surface area contributed by atoms with Crippen molar-refractivity contribution in [1.82, 2.24) is 0 Å². The lowest BCUT2D eigenvalue weighted by Crippen LogP contribution is -2.37. The monoisotopic (exact) mass is 349 g/mol. The summed E-state index contributed by atoms with van der Waals surface area (Å²) in [6.45, 7) is 4.14. The van der Waals surface area contributed by atoms with E-state index in [0.717, 1.165) is 23.4 Å². The van der Waals surface area contributed by atoms with Gasteiger partial charge in [-0.1, -0.05) is 18.2 Å². The summed E-state index contributed by atoms with van der Waals surface area (Å²) in [5.41, 5.74) is 1.63. The van der Waals surface area contributed by atoms with Crippen molar-refractivity contribution in [2.24, 2.45) is 0 Å². The molecule has 1 atom stereocenters. The van der Waals surface area contributed by atoms with Crippen LogP contribution in [0, 0.1) is 5.82 Å². The van der Waals surface area contributed by atoms with Crippen LogP contribution >= 0.6 is 15.9 Å². The second kappa shape index (κ2) is 5.34. The van der Waals surface area contributed by atoms with Gasteiger partial charge in [0.2, 0.25) is 0 Å². The van der Waals surface area contributed by atoms with Crippen molar-refractivity contribution in [3.8, 4) is 5.75 Å². The highest BCUT2D eigenvalue weighted by molar-refractivity contribution is 9.10. The van der Waals surface area contributed by atoms with E-state index in [9.17, 15) is 4.39 Å². The zero-order valence-corrected chi connectivity index (χ0v) is 13.6. The minimum Gasteiger partial charge on any atom is -0.487 e. The van der Waals surface area contributed by atoms with Crippen LogP contribution in [0.15, 0.2) is 46.9 Å². The Morgan fingerprint density at radius 2 is 2.00 bits per heavy atom. The molecule has 1 aliphatic heterocycles. The van der Waals surface area contributed by atoms with Gasteiger partial charge in [0.05, 0.1) is 10.5 Å². The average Bonchev–Trinajstić information content (AvgIpc) is 2.42. The Bertz CT molecular complexity index is 672. The van der Waals surface area contributed by atoms with E-state index in [4.69, 9.17) is 4.74 Å². The average molecular weight is 350 g/mol. The predicted molar refractivity (Wildman–Crippen MR) is 86.2 cm³/mol. The van der Waals surface area contributed by atoms with Gasteiger partial charge in [0.25, 0.3) is 0 Å². The van der Waals surface area contributed by atoms with Crippen LogP contribution in [0.2, 0.25) is 0 Å². The first-order valence-corrected chi connectivity index (χ1v) is 7.73. The lowest BCUT2D eigenvalue weighted by molar-refractivity contribution is 0.0759. The Kier molecular flexibility index (Phi) is 3.66. The fourth-order valence-electron chi connectivity index (χ4n) is 2.72. The van der Waals surface area contributed by atoms with Crippen LogP contribution in [-0.4, -0.2) is 5.60 Å². The molecule has 110 valence electrons. The van der Waals surface area contributed by atoms with Gasteiger partial charge in [0.1, 0.15) is 17.2 Å². The third-order valence-electron chi connectivity index (χ3n) is 3.64. The van der Waals surface area contributed by atoms with Gasteiger partial charge in [0, 0.05) is 17.7 Å². The highest BCUT2D eigenvalue weighted by Crippen LogP contribution is 2.41. The van der Waals surface area contributed by atoms with Gasteiger partial charge < -0.3 is 10.1 Å². The number of nitrogens with one attached hydrogen (secondary N) is 1. The number of rotatable bonds is 2. The number of halogens is 2. The molecule has 0 amide bonds. The molecule has 1 heterocycles. The molecule has 1 aliphatic rings. The largest absolute Gasteiger partial charge is 0.487 e. The molecular formula is C17H17BrFNO. The van der Waals surface area contributed by atoms with Gasteiger partial charge in [-0.05, 0) is 54.0 Å². The number of hydrogen-bond donors (Lipinski definition) is 1. The maximum Gasteiger partial charge on any atom is 0.139 e. The molecule has 2 aromatic carbocycles. The number of benzene rings is 2. The summed E-state index contributed by atoms with van der Waals surface area (Å²) < 4.78 is 20.2. The molecule has 0 bridgehead atoms. The molecule has 2 nitrogen and oxygen atoms in total. The maximum atomic E-state index is 13.7. The Balaban J connectivity index is 1.92. The highest BCUT2D eigenvalue weighted by atomic mass is 79.9. The number of fused-ring (bicyclic) bond motifs is 1. The minimum atomic E-state index is -0.264. The third-order valence-corrected chi connectivity index (χ3v) is 4.28. The summed E-state index contributed by atoms with van der Waals surface area (Å²) in [6, 6.07) is 13.2. The van der Waals surface area contributed by atoms with E-state index in [1.807, 2.05) is 24.3 Å². The number of para-hydroxylation sites is 1. The predicted octanol–water partition coefficient (Wildman–Crippen LogP) is 5.30. The molecular weight excluding hydrogens is 333 g/mol. The molecule has 0 spiro atoms. The van der Waals surface area contributed by atoms with Gasteiger partial charge in [-0.2, -0.15) is 0 Å². The molecule has 4 heteroatoms. The summed E-state index contributed by atoms with van der Waals surface area (Å²) in [5.74, 6) is 0.628. The van der Waals surface area contributed by atoms with Gasteiger partial charge >= 0.3 is 0 Å². The summed E-state index contributed by atoms with van der Waals surface area (Å²) in [4.78, 5) is 0. The molecule has 0 aliphatic carbocycles. The number of ether oxygens (including phenoxy) is 1. The van der Waals surface area contributed by atoms with Gasteiger partial charge in [-0.15, -0.1) is 0 Å². The summed E-state index contributed by atoms with van der Waals surface area (Å²) >= 11 is 3.18. The Morgan fingerprint density at radius 1 is 1.24 bits per heavy atom. The first-order valence-electron chi connectivity index (χ1n) is 6.94. The van der Waals surface area contributed by atoms with Crippen molar-refractivity contribution in [3.63, 3.8) is 0 Å². The van der Waals surface area contributed by atoms with Crippen LogP contribution < -0.4 is 10.1 Å². The fraction of sp³-hybridized carbons (Fsp3) is 0.294. The van der Waals surface area contributed by atoms with Gasteiger partial charge in [0.15, 0.2) is 0 Å². The maximum absolute atomic E-state index is 13.7. The van der Waals surface area contributed by atoms with Crippen LogP contribution in [0.3, 0.4) is 0 Å². The molecule has 0 radical (unpaired) electrons. The lowest BCUT2D eigenvalue weighted by Gasteiger charge is -2.38. The summed E-state index contributed by atoms with van der Waals surface area (Å²) in [5, 5.41) is 3.42. The van der Waals surface area contributed by atoms with Crippen molar-refractivity contribution in [2.75, 3.05) is 5.32 Å². The quantitative estimate of drug-likeness (QED) is 0.793. The van der Waals surface area contributed by atoms with Gasteiger partial charge in [-0.25, -0.2) is 4.39 Å². The van der Waals surface area contributed by atoms with E-state index >= 15 is 0 Å². The molecule has 1 unspecified atom stereocenters. The number of hydrogen-bond acceptors (Lipinski definition) is 2.